The van der Waals surface area contributed by atoms with E-state index in [9.17, 15) is 9.59 Å². The Hall–Kier alpha value is -1.11. The molecule has 0 amide bonds. The van der Waals surface area contributed by atoms with Crippen LogP contribution in [-0.4, -0.2) is 33.2 Å². The van der Waals surface area contributed by atoms with Crippen molar-refractivity contribution in [3.05, 3.63) is 32.6 Å². The Labute approximate surface area is 130 Å². The van der Waals surface area contributed by atoms with E-state index in [1.807, 2.05) is 0 Å². The van der Waals surface area contributed by atoms with E-state index >= 15 is 0 Å². The van der Waals surface area contributed by atoms with Gasteiger partial charge in [0, 0.05) is 51.5 Å². The summed E-state index contributed by atoms with van der Waals surface area (Å²) in [5.41, 5.74) is 6.42. The third-order valence-corrected chi connectivity index (χ3v) is 5.00. The van der Waals surface area contributed by atoms with Gasteiger partial charge in [0.1, 0.15) is 0 Å². The van der Waals surface area contributed by atoms with Gasteiger partial charge < -0.3 is 5.73 Å². The highest BCUT2D eigenvalue weighted by molar-refractivity contribution is 5.85. The standard InChI is InChI=1S/C14H22N4O2.ClH/c1-16-10(5-13(19)17(2)14(16)20)7-18-6-9-3-4-12(15)11(9)8-18;/h5,9,11-12H,3-4,6-8,15H2,1-2H3;1H. The summed E-state index contributed by atoms with van der Waals surface area (Å²) in [6, 6.07) is 1.88. The van der Waals surface area contributed by atoms with E-state index in [0.717, 1.165) is 29.8 Å². The van der Waals surface area contributed by atoms with Crippen LogP contribution in [0.3, 0.4) is 0 Å². The Balaban J connectivity index is 0.00000161. The Morgan fingerprint density at radius 1 is 1.19 bits per heavy atom. The molecule has 1 saturated carbocycles. The van der Waals surface area contributed by atoms with Gasteiger partial charge in [0.25, 0.3) is 5.56 Å². The molecule has 1 aromatic rings. The van der Waals surface area contributed by atoms with E-state index in [2.05, 4.69) is 4.90 Å². The first-order chi connectivity index (χ1) is 9.47. The number of nitrogens with two attached hydrogens (primary N) is 1. The molecule has 3 rings (SSSR count). The van der Waals surface area contributed by atoms with Crippen LogP contribution >= 0.6 is 12.4 Å². The van der Waals surface area contributed by atoms with Crippen molar-refractivity contribution in [3.63, 3.8) is 0 Å². The van der Waals surface area contributed by atoms with E-state index in [1.54, 1.807) is 17.7 Å². The molecular formula is C14H23ClN4O2. The van der Waals surface area contributed by atoms with Crippen molar-refractivity contribution in [3.8, 4) is 0 Å². The van der Waals surface area contributed by atoms with Crippen LogP contribution in [0.2, 0.25) is 0 Å². The van der Waals surface area contributed by atoms with E-state index in [4.69, 9.17) is 5.73 Å². The fraction of sp³-hybridized carbons (Fsp3) is 0.714. The summed E-state index contributed by atoms with van der Waals surface area (Å²) in [5, 5.41) is 0. The SMILES string of the molecule is Cl.Cn1c(CN2CC3CCC(N)C3C2)cc(=O)n(C)c1=O. The zero-order valence-corrected chi connectivity index (χ0v) is 13.3. The summed E-state index contributed by atoms with van der Waals surface area (Å²) in [4.78, 5) is 26.0. The van der Waals surface area contributed by atoms with Crippen molar-refractivity contribution in [2.24, 2.45) is 31.7 Å². The average molecular weight is 315 g/mol. The maximum atomic E-state index is 11.9. The molecule has 0 spiro atoms. The molecule has 1 aromatic heterocycles. The van der Waals surface area contributed by atoms with Crippen LogP contribution in [0, 0.1) is 11.8 Å². The zero-order chi connectivity index (χ0) is 14.4. The minimum atomic E-state index is -0.261. The lowest BCUT2D eigenvalue weighted by atomic mass is 9.98. The van der Waals surface area contributed by atoms with Crippen LogP contribution in [0.25, 0.3) is 0 Å². The van der Waals surface area contributed by atoms with Crippen molar-refractivity contribution in [2.45, 2.75) is 25.4 Å². The first kappa shape index (κ1) is 16.3. The molecule has 2 fully saturated rings. The molecule has 2 heterocycles. The normalized spacial score (nSPS) is 28.4. The van der Waals surface area contributed by atoms with Crippen molar-refractivity contribution in [1.82, 2.24) is 14.0 Å². The van der Waals surface area contributed by atoms with Crippen molar-refractivity contribution in [2.75, 3.05) is 13.1 Å². The second kappa shape index (κ2) is 5.94. The van der Waals surface area contributed by atoms with Crippen LogP contribution in [0.4, 0.5) is 0 Å². The third kappa shape index (κ3) is 2.80. The fourth-order valence-corrected chi connectivity index (χ4v) is 3.69. The summed E-state index contributed by atoms with van der Waals surface area (Å²) >= 11 is 0. The lowest BCUT2D eigenvalue weighted by Gasteiger charge is -2.19. The summed E-state index contributed by atoms with van der Waals surface area (Å²) in [5.74, 6) is 1.27. The Kier molecular flexibility index (Phi) is 4.60. The van der Waals surface area contributed by atoms with Crippen molar-refractivity contribution in [1.29, 1.82) is 0 Å². The highest BCUT2D eigenvalue weighted by Gasteiger charge is 2.40. The molecular weight excluding hydrogens is 292 g/mol. The molecule has 118 valence electrons. The molecule has 2 aliphatic rings. The van der Waals surface area contributed by atoms with Gasteiger partial charge in [0.05, 0.1) is 0 Å². The number of hydrogen-bond acceptors (Lipinski definition) is 4. The Bertz CT molecular complexity index is 639. The lowest BCUT2D eigenvalue weighted by molar-refractivity contribution is 0.289. The van der Waals surface area contributed by atoms with Gasteiger partial charge in [-0.2, -0.15) is 0 Å². The van der Waals surface area contributed by atoms with E-state index in [-0.39, 0.29) is 23.7 Å². The van der Waals surface area contributed by atoms with Gasteiger partial charge in [-0.3, -0.25) is 18.8 Å². The Morgan fingerprint density at radius 3 is 2.57 bits per heavy atom. The number of rotatable bonds is 2. The minimum absolute atomic E-state index is 0. The summed E-state index contributed by atoms with van der Waals surface area (Å²) in [6.07, 6.45) is 2.34. The quantitative estimate of drug-likeness (QED) is 0.811. The maximum absolute atomic E-state index is 11.9. The monoisotopic (exact) mass is 314 g/mol. The molecule has 6 nitrogen and oxygen atoms in total. The van der Waals surface area contributed by atoms with Gasteiger partial charge in [0.15, 0.2) is 0 Å². The van der Waals surface area contributed by atoms with E-state index < -0.39 is 0 Å². The smallest absolute Gasteiger partial charge is 0.327 e. The number of nitrogens with zero attached hydrogens (tertiary/aromatic N) is 3. The average Bonchev–Trinajstić information content (AvgIpc) is 2.96. The second-order valence-electron chi connectivity index (χ2n) is 6.23. The first-order valence-electron chi connectivity index (χ1n) is 7.21. The highest BCUT2D eigenvalue weighted by Crippen LogP contribution is 2.37. The lowest BCUT2D eigenvalue weighted by Crippen LogP contribution is -2.39. The van der Waals surface area contributed by atoms with Gasteiger partial charge in [-0.15, -0.1) is 12.4 Å². The first-order valence-corrected chi connectivity index (χ1v) is 7.21. The molecule has 21 heavy (non-hydrogen) atoms. The third-order valence-electron chi connectivity index (χ3n) is 5.00. The van der Waals surface area contributed by atoms with Gasteiger partial charge >= 0.3 is 5.69 Å². The number of aromatic nitrogens is 2. The summed E-state index contributed by atoms with van der Waals surface area (Å²) in [7, 11) is 3.23. The molecule has 0 aromatic carbocycles. The molecule has 0 radical (unpaired) electrons. The fourth-order valence-electron chi connectivity index (χ4n) is 3.69. The summed E-state index contributed by atoms with van der Waals surface area (Å²) < 4.78 is 2.70. The zero-order valence-electron chi connectivity index (χ0n) is 12.5. The maximum Gasteiger partial charge on any atom is 0.330 e. The molecule has 0 bridgehead atoms. The molecule has 1 aliphatic heterocycles. The van der Waals surface area contributed by atoms with Crippen molar-refractivity contribution < 1.29 is 0 Å². The van der Waals surface area contributed by atoms with Crippen LogP contribution in [0.1, 0.15) is 18.5 Å². The van der Waals surface area contributed by atoms with Crippen LogP contribution in [-0.2, 0) is 20.6 Å². The largest absolute Gasteiger partial charge is 0.330 e. The predicted octanol–water partition coefficient (Wildman–Crippen LogP) is -0.325. The highest BCUT2D eigenvalue weighted by atomic mass is 35.5. The van der Waals surface area contributed by atoms with Gasteiger partial charge in [0.2, 0.25) is 0 Å². The van der Waals surface area contributed by atoms with Crippen molar-refractivity contribution >= 4 is 12.4 Å². The van der Waals surface area contributed by atoms with Crippen LogP contribution in [0.5, 0.6) is 0 Å². The number of halogens is 1. The van der Waals surface area contributed by atoms with Gasteiger partial charge in [-0.1, -0.05) is 0 Å². The second-order valence-corrected chi connectivity index (χ2v) is 6.23. The summed E-state index contributed by atoms with van der Waals surface area (Å²) in [6.45, 7) is 2.67. The Morgan fingerprint density at radius 2 is 1.90 bits per heavy atom. The van der Waals surface area contributed by atoms with Gasteiger partial charge in [-0.25, -0.2) is 4.79 Å². The topological polar surface area (TPSA) is 73.3 Å². The molecule has 3 unspecified atom stereocenters. The van der Waals surface area contributed by atoms with Crippen LogP contribution in [0.15, 0.2) is 15.7 Å². The predicted molar refractivity (Wildman–Crippen MR) is 83.6 cm³/mol. The van der Waals surface area contributed by atoms with E-state index in [0.29, 0.717) is 24.4 Å². The molecule has 3 atom stereocenters. The number of hydrogen-bond donors (Lipinski definition) is 1. The molecule has 1 aliphatic carbocycles. The van der Waals surface area contributed by atoms with Crippen LogP contribution < -0.4 is 17.0 Å². The molecule has 2 N–H and O–H groups in total. The van der Waals surface area contributed by atoms with E-state index in [1.165, 1.54) is 13.5 Å². The molecule has 7 heteroatoms. The minimum Gasteiger partial charge on any atom is -0.327 e. The molecule has 1 saturated heterocycles. The number of likely N-dealkylation sites (tertiary alicyclic amines) is 1. The number of fused-ring (bicyclic) bond motifs is 1. The van der Waals surface area contributed by atoms with Gasteiger partial charge in [-0.05, 0) is 24.7 Å².